The molecule has 2 saturated heterocycles. The summed E-state index contributed by atoms with van der Waals surface area (Å²) in [4.78, 5) is 35.0. The fourth-order valence-corrected chi connectivity index (χ4v) is 6.68. The molecule has 1 unspecified atom stereocenters. The molecule has 2 amide bonds. The molecule has 2 aromatic rings. The van der Waals surface area contributed by atoms with Gasteiger partial charge in [0.25, 0.3) is 0 Å². The molecule has 11 nitrogen and oxygen atoms in total. The molecule has 38 heavy (non-hydrogen) atoms. The van der Waals surface area contributed by atoms with Crippen LogP contribution in [0.4, 0.5) is 5.69 Å². The van der Waals surface area contributed by atoms with Crippen molar-refractivity contribution < 1.29 is 18.0 Å². The summed E-state index contributed by atoms with van der Waals surface area (Å²) < 4.78 is 31.3. The number of carbonyl (C=O) groups is 2. The summed E-state index contributed by atoms with van der Waals surface area (Å²) >= 11 is 0. The van der Waals surface area contributed by atoms with Crippen molar-refractivity contribution in [2.24, 2.45) is 5.92 Å². The average Bonchev–Trinajstić information content (AvgIpc) is 3.29. The van der Waals surface area contributed by atoms with Crippen molar-refractivity contribution in [3.8, 4) is 6.07 Å². The number of piperazine rings is 1. The first-order chi connectivity index (χ1) is 18.1. The van der Waals surface area contributed by atoms with Gasteiger partial charge in [-0.05, 0) is 31.4 Å². The van der Waals surface area contributed by atoms with E-state index in [4.69, 9.17) is 0 Å². The molecule has 1 aliphatic carbocycles. The number of nitrogens with zero attached hydrogens (tertiary/aromatic N) is 6. The molecule has 3 aliphatic rings. The Morgan fingerprint density at radius 2 is 1.92 bits per heavy atom. The maximum atomic E-state index is 13.4. The van der Waals surface area contributed by atoms with Gasteiger partial charge in [0.2, 0.25) is 21.8 Å². The van der Waals surface area contributed by atoms with Gasteiger partial charge in [-0.25, -0.2) is 13.4 Å². The summed E-state index contributed by atoms with van der Waals surface area (Å²) in [6.07, 6.45) is 6.31. The summed E-state index contributed by atoms with van der Waals surface area (Å²) in [7, 11) is -3.99. The van der Waals surface area contributed by atoms with E-state index in [0.717, 1.165) is 12.1 Å². The van der Waals surface area contributed by atoms with E-state index >= 15 is 0 Å². The molecule has 0 spiro atoms. The van der Waals surface area contributed by atoms with Gasteiger partial charge in [-0.2, -0.15) is 9.98 Å². The molecule has 4 heterocycles. The van der Waals surface area contributed by atoms with Crippen LogP contribution in [0.25, 0.3) is 5.65 Å². The van der Waals surface area contributed by atoms with Gasteiger partial charge < -0.3 is 19.1 Å². The molecular weight excluding hydrogens is 506 g/mol. The monoisotopic (exact) mass is 539 g/mol. The second kappa shape index (κ2) is 9.71. The Hall–Kier alpha value is -3.43. The van der Waals surface area contributed by atoms with Crippen molar-refractivity contribution in [3.05, 3.63) is 36.8 Å². The fraction of sp³-hybridized carbons (Fsp3) is 0.538. The van der Waals surface area contributed by atoms with Crippen LogP contribution in [0.3, 0.4) is 0 Å². The van der Waals surface area contributed by atoms with Gasteiger partial charge >= 0.3 is 0 Å². The molecule has 1 saturated carbocycles. The average molecular weight is 540 g/mol. The Morgan fingerprint density at radius 1 is 1.21 bits per heavy atom. The third-order valence-corrected chi connectivity index (χ3v) is 9.22. The van der Waals surface area contributed by atoms with Gasteiger partial charge in [0, 0.05) is 69.2 Å². The van der Waals surface area contributed by atoms with Crippen molar-refractivity contribution >= 4 is 33.2 Å². The number of pyridine rings is 1. The number of sulfonamides is 1. The fourth-order valence-electron chi connectivity index (χ4n) is 5.29. The van der Waals surface area contributed by atoms with E-state index in [9.17, 15) is 23.3 Å². The summed E-state index contributed by atoms with van der Waals surface area (Å²) in [5.41, 5.74) is 1.06. The number of nitrogens with one attached hydrogen (secondary N) is 1. The first-order valence-corrected chi connectivity index (χ1v) is 14.5. The largest absolute Gasteiger partial charge is 0.365 e. The number of hydrogen-bond acceptors (Lipinski definition) is 7. The molecule has 202 valence electrons. The minimum atomic E-state index is -3.99. The van der Waals surface area contributed by atoms with Crippen molar-refractivity contribution in [3.63, 3.8) is 0 Å². The van der Waals surface area contributed by atoms with Crippen LogP contribution in [0.15, 0.2) is 36.0 Å². The molecular formula is C26H33N7O4S. The van der Waals surface area contributed by atoms with Gasteiger partial charge in [0.1, 0.15) is 10.4 Å². The smallest absolute Gasteiger partial charge is 0.245 e. The predicted octanol–water partition coefficient (Wildman–Crippen LogP) is 1.48. The highest BCUT2D eigenvalue weighted by Crippen LogP contribution is 2.37. The number of nitriles is 1. The van der Waals surface area contributed by atoms with E-state index in [1.807, 2.05) is 23.1 Å². The predicted molar refractivity (Wildman–Crippen MR) is 141 cm³/mol. The minimum absolute atomic E-state index is 0.0120. The van der Waals surface area contributed by atoms with Gasteiger partial charge in [-0.15, -0.1) is 0 Å². The number of fused-ring (bicyclic) bond motifs is 1. The molecule has 0 radical (unpaired) electrons. The Labute approximate surface area is 222 Å². The molecule has 1 N–H and O–H groups in total. The maximum absolute atomic E-state index is 13.4. The Bertz CT molecular complexity index is 1430. The van der Waals surface area contributed by atoms with Crippen LogP contribution in [0.1, 0.15) is 44.7 Å². The van der Waals surface area contributed by atoms with Crippen LogP contribution in [0, 0.1) is 17.2 Å². The zero-order chi connectivity index (χ0) is 27.2. The van der Waals surface area contributed by atoms with Crippen LogP contribution in [0.5, 0.6) is 0 Å². The number of aromatic nitrogens is 2. The van der Waals surface area contributed by atoms with E-state index in [1.165, 1.54) is 6.08 Å². The van der Waals surface area contributed by atoms with E-state index in [2.05, 4.69) is 27.3 Å². The van der Waals surface area contributed by atoms with Gasteiger partial charge in [-0.3, -0.25) is 9.59 Å². The van der Waals surface area contributed by atoms with E-state index < -0.39 is 15.6 Å². The lowest BCUT2D eigenvalue weighted by molar-refractivity contribution is -0.134. The molecule has 1 atom stereocenters. The summed E-state index contributed by atoms with van der Waals surface area (Å²) in [5, 5.41) is 9.48. The zero-order valence-electron chi connectivity index (χ0n) is 21.8. The van der Waals surface area contributed by atoms with Crippen molar-refractivity contribution in [2.45, 2.75) is 49.5 Å². The Kier molecular flexibility index (Phi) is 6.69. The molecule has 5 rings (SSSR count). The van der Waals surface area contributed by atoms with Gasteiger partial charge in [0.15, 0.2) is 5.65 Å². The van der Waals surface area contributed by atoms with Crippen LogP contribution in [-0.2, 0) is 19.6 Å². The normalized spacial score (nSPS) is 21.1. The number of hydrogen-bond donors (Lipinski definition) is 1. The number of imidazole rings is 1. The molecule has 12 heteroatoms. The van der Waals surface area contributed by atoms with E-state index in [-0.39, 0.29) is 28.5 Å². The second-order valence-electron chi connectivity index (χ2n) is 10.7. The number of rotatable bonds is 7. The van der Waals surface area contributed by atoms with Crippen molar-refractivity contribution in [1.82, 2.24) is 23.9 Å². The second-order valence-corrected chi connectivity index (χ2v) is 12.4. The summed E-state index contributed by atoms with van der Waals surface area (Å²) in [6, 6.07) is 3.70. The summed E-state index contributed by atoms with van der Waals surface area (Å²) in [5.74, 6) is -0.127. The Balaban J connectivity index is 1.52. The summed E-state index contributed by atoms with van der Waals surface area (Å²) in [6.45, 7) is 10.6. The van der Waals surface area contributed by atoms with Crippen LogP contribution >= 0.6 is 0 Å². The minimum Gasteiger partial charge on any atom is -0.365 e. The molecule has 2 aliphatic heterocycles. The molecule has 0 aromatic carbocycles. The standard InChI is InChI=1S/C26H33N7O4S/c1-4-23(34)32-8-5-19(15-32)22-14-28-24-21(30-9-11-31(12-10-30)25(35)18(2)3)13-20(16-33(22)24)38(36,37)29-26(17-27)6-7-26/h4,13-14,16,18-19,29H,1,5-12,15H2,2-3H3. The van der Waals surface area contributed by atoms with Crippen molar-refractivity contribution in [1.29, 1.82) is 5.26 Å². The van der Waals surface area contributed by atoms with Crippen LogP contribution in [0.2, 0.25) is 0 Å². The number of likely N-dealkylation sites (tertiary alicyclic amines) is 1. The first kappa shape index (κ1) is 26.2. The lowest BCUT2D eigenvalue weighted by atomic mass is 10.1. The van der Waals surface area contributed by atoms with Crippen molar-refractivity contribution in [2.75, 3.05) is 44.2 Å². The maximum Gasteiger partial charge on any atom is 0.245 e. The van der Waals surface area contributed by atoms with E-state index in [0.29, 0.717) is 63.4 Å². The van der Waals surface area contributed by atoms with Crippen LogP contribution < -0.4 is 9.62 Å². The highest BCUT2D eigenvalue weighted by Gasteiger charge is 2.47. The van der Waals surface area contributed by atoms with Crippen LogP contribution in [-0.4, -0.2) is 84.2 Å². The highest BCUT2D eigenvalue weighted by molar-refractivity contribution is 7.89. The number of amides is 2. The quantitative estimate of drug-likeness (QED) is 0.527. The van der Waals surface area contributed by atoms with Gasteiger partial charge in [0.05, 0.1) is 11.8 Å². The third kappa shape index (κ3) is 4.76. The Morgan fingerprint density at radius 3 is 2.53 bits per heavy atom. The third-order valence-electron chi connectivity index (χ3n) is 7.71. The molecule has 3 fully saturated rings. The number of anilines is 1. The highest BCUT2D eigenvalue weighted by atomic mass is 32.2. The molecule has 2 aromatic heterocycles. The lowest BCUT2D eigenvalue weighted by Crippen LogP contribution is -2.50. The van der Waals surface area contributed by atoms with Gasteiger partial charge in [-0.1, -0.05) is 20.4 Å². The lowest BCUT2D eigenvalue weighted by Gasteiger charge is -2.37. The molecule has 0 bridgehead atoms. The SMILES string of the molecule is C=CC(=O)N1CCC(c2cnc3c(N4CCN(C(=O)C(C)C)CC4)cc(S(=O)(=O)NC4(C#N)CC4)cn23)C1. The topological polar surface area (TPSA) is 131 Å². The number of carbonyl (C=O) groups excluding carboxylic acids is 2. The first-order valence-electron chi connectivity index (χ1n) is 13.0. The zero-order valence-corrected chi connectivity index (χ0v) is 22.6. The van der Waals surface area contributed by atoms with E-state index in [1.54, 1.807) is 23.4 Å².